The first-order valence-corrected chi connectivity index (χ1v) is 9.28. The maximum Gasteiger partial charge on any atom is 0.253 e. The third-order valence-electron chi connectivity index (χ3n) is 3.95. The number of ether oxygens (including phenoxy) is 1. The summed E-state index contributed by atoms with van der Waals surface area (Å²) in [6.45, 7) is 4.29. The van der Waals surface area contributed by atoms with Gasteiger partial charge in [0.05, 0.1) is 10.7 Å². The van der Waals surface area contributed by atoms with Gasteiger partial charge in [-0.15, -0.1) is 11.3 Å². The number of carbonyl (C=O) groups excluding carboxylic acids is 1. The summed E-state index contributed by atoms with van der Waals surface area (Å²) in [5.74, 6) is -0.0489. The zero-order valence-corrected chi connectivity index (χ0v) is 14.7. The third kappa shape index (κ3) is 4.63. The summed E-state index contributed by atoms with van der Waals surface area (Å²) in [6.07, 6.45) is 2.44. The van der Waals surface area contributed by atoms with Crippen molar-refractivity contribution in [2.75, 3.05) is 11.9 Å². The van der Waals surface area contributed by atoms with Gasteiger partial charge in [-0.3, -0.25) is 4.79 Å². The van der Waals surface area contributed by atoms with Crippen LogP contribution in [-0.4, -0.2) is 23.6 Å². The molecule has 0 unspecified atom stereocenters. The second-order valence-corrected chi connectivity index (χ2v) is 6.82. The second-order valence-electron chi connectivity index (χ2n) is 5.88. The molecule has 0 aliphatic carbocycles. The van der Waals surface area contributed by atoms with Crippen molar-refractivity contribution in [3.8, 4) is 0 Å². The molecule has 1 aromatic heterocycles. The van der Waals surface area contributed by atoms with Crippen LogP contribution in [0.2, 0.25) is 0 Å². The van der Waals surface area contributed by atoms with Gasteiger partial charge in [0.2, 0.25) is 0 Å². The van der Waals surface area contributed by atoms with Gasteiger partial charge in [0, 0.05) is 30.8 Å². The fourth-order valence-electron chi connectivity index (χ4n) is 2.69. The summed E-state index contributed by atoms with van der Waals surface area (Å²) in [6, 6.07) is 7.91. The summed E-state index contributed by atoms with van der Waals surface area (Å²) in [5, 5.41) is 9.61. The van der Waals surface area contributed by atoms with Crippen LogP contribution in [0.3, 0.4) is 0 Å². The fourth-order valence-corrected chi connectivity index (χ4v) is 3.44. The first-order valence-electron chi connectivity index (χ1n) is 8.40. The summed E-state index contributed by atoms with van der Waals surface area (Å²) in [7, 11) is 0. The molecule has 1 atom stereocenters. The van der Waals surface area contributed by atoms with Crippen LogP contribution in [0.25, 0.3) is 0 Å². The number of nitrogens with one attached hydrogen (secondary N) is 2. The van der Waals surface area contributed by atoms with Gasteiger partial charge in [-0.1, -0.05) is 19.1 Å². The Morgan fingerprint density at radius 3 is 3.08 bits per heavy atom. The first kappa shape index (κ1) is 17.1. The van der Waals surface area contributed by atoms with Crippen molar-refractivity contribution in [3.63, 3.8) is 0 Å². The van der Waals surface area contributed by atoms with E-state index in [2.05, 4.69) is 27.9 Å². The van der Waals surface area contributed by atoms with Crippen molar-refractivity contribution in [1.82, 2.24) is 10.3 Å². The van der Waals surface area contributed by atoms with Crippen LogP contribution < -0.4 is 10.6 Å². The Balaban J connectivity index is 1.50. The number of rotatable bonds is 7. The molecular formula is C18H23N3O2S. The highest BCUT2D eigenvalue weighted by Gasteiger charge is 2.23. The summed E-state index contributed by atoms with van der Waals surface area (Å²) in [4.78, 5) is 16.6. The van der Waals surface area contributed by atoms with E-state index in [-0.39, 0.29) is 12.0 Å². The molecule has 3 rings (SSSR count). The number of anilines is 1. The Labute approximate surface area is 146 Å². The average Bonchev–Trinajstić information content (AvgIpc) is 3.27. The number of carbonyl (C=O) groups is 1. The Morgan fingerprint density at radius 1 is 1.42 bits per heavy atom. The second kappa shape index (κ2) is 8.37. The molecule has 0 bridgehead atoms. The van der Waals surface area contributed by atoms with E-state index in [1.54, 1.807) is 11.3 Å². The van der Waals surface area contributed by atoms with Gasteiger partial charge in [0.1, 0.15) is 6.10 Å². The van der Waals surface area contributed by atoms with Gasteiger partial charge in [-0.25, -0.2) is 4.98 Å². The van der Waals surface area contributed by atoms with Crippen LogP contribution in [0.4, 0.5) is 5.69 Å². The molecule has 2 heterocycles. The highest BCUT2D eigenvalue weighted by molar-refractivity contribution is 7.09. The van der Waals surface area contributed by atoms with Crippen LogP contribution in [0.15, 0.2) is 29.6 Å². The van der Waals surface area contributed by atoms with E-state index in [0.29, 0.717) is 6.61 Å². The molecule has 0 saturated carbocycles. The van der Waals surface area contributed by atoms with Gasteiger partial charge < -0.3 is 15.4 Å². The number of benzene rings is 1. The molecule has 0 spiro atoms. The Kier molecular flexibility index (Phi) is 5.96. The molecule has 2 aromatic rings. The van der Waals surface area contributed by atoms with E-state index in [1.165, 1.54) is 5.01 Å². The minimum atomic E-state index is -0.302. The van der Waals surface area contributed by atoms with E-state index in [1.807, 2.05) is 24.3 Å². The van der Waals surface area contributed by atoms with Crippen molar-refractivity contribution < 1.29 is 9.53 Å². The molecule has 6 heteroatoms. The number of amides is 1. The molecule has 5 nitrogen and oxygen atoms in total. The molecule has 2 N–H and O–H groups in total. The van der Waals surface area contributed by atoms with Crippen molar-refractivity contribution in [2.45, 2.75) is 45.4 Å². The predicted octanol–water partition coefficient (Wildman–Crippen LogP) is 3.11. The number of hydrogen-bond acceptors (Lipinski definition) is 5. The molecule has 1 amide bonds. The zero-order valence-electron chi connectivity index (χ0n) is 13.9. The van der Waals surface area contributed by atoms with Crippen molar-refractivity contribution >= 4 is 22.9 Å². The quantitative estimate of drug-likeness (QED) is 0.809. The highest BCUT2D eigenvalue weighted by atomic mass is 32.1. The Morgan fingerprint density at radius 2 is 2.33 bits per heavy atom. The van der Waals surface area contributed by atoms with Gasteiger partial charge >= 0.3 is 0 Å². The lowest BCUT2D eigenvalue weighted by atomic mass is 10.2. The number of aryl methyl sites for hydroxylation is 1. The maximum absolute atomic E-state index is 12.1. The monoisotopic (exact) mass is 345 g/mol. The van der Waals surface area contributed by atoms with Crippen LogP contribution in [0, 0.1) is 0 Å². The Hall–Kier alpha value is -1.76. The Bertz CT molecular complexity index is 680. The van der Waals surface area contributed by atoms with E-state index in [4.69, 9.17) is 4.74 Å². The molecule has 1 saturated heterocycles. The lowest BCUT2D eigenvalue weighted by Crippen LogP contribution is -2.26. The van der Waals surface area contributed by atoms with Crippen LogP contribution in [-0.2, 0) is 29.0 Å². The molecule has 1 aliphatic rings. The van der Waals surface area contributed by atoms with Crippen LogP contribution in [0.1, 0.15) is 36.0 Å². The fraction of sp³-hybridized carbons (Fsp3) is 0.444. The number of nitrogens with zero attached hydrogens (tertiary/aromatic N) is 1. The standard InChI is InChI=1S/C18H23N3O2S/c1-2-17-20-15(12-24-17)11-19-10-13-5-3-6-14(9-13)21-18(22)16-7-4-8-23-16/h3,5-6,9,12,16,19H,2,4,7-8,10-11H2,1H3,(H,21,22)/t16-/m1/s1. The van der Waals surface area contributed by atoms with E-state index in [9.17, 15) is 4.79 Å². The zero-order chi connectivity index (χ0) is 16.8. The lowest BCUT2D eigenvalue weighted by molar-refractivity contribution is -0.124. The SMILES string of the molecule is CCc1nc(CNCc2cccc(NC(=O)[C@H]3CCCO3)c2)cs1. The first-order chi connectivity index (χ1) is 11.7. The highest BCUT2D eigenvalue weighted by Crippen LogP contribution is 2.16. The van der Waals surface area contributed by atoms with Crippen LogP contribution >= 0.6 is 11.3 Å². The minimum Gasteiger partial charge on any atom is -0.368 e. The van der Waals surface area contributed by atoms with Gasteiger partial charge in [0.15, 0.2) is 0 Å². The van der Waals surface area contributed by atoms with Crippen molar-refractivity contribution in [2.24, 2.45) is 0 Å². The molecule has 1 aliphatic heterocycles. The van der Waals surface area contributed by atoms with E-state index >= 15 is 0 Å². The van der Waals surface area contributed by atoms with Gasteiger partial charge in [0.25, 0.3) is 5.91 Å². The molecule has 0 radical (unpaired) electrons. The van der Waals surface area contributed by atoms with Gasteiger partial charge in [-0.2, -0.15) is 0 Å². The van der Waals surface area contributed by atoms with E-state index < -0.39 is 0 Å². The number of hydrogen-bond donors (Lipinski definition) is 2. The average molecular weight is 345 g/mol. The van der Waals surface area contributed by atoms with Gasteiger partial charge in [-0.05, 0) is 37.0 Å². The third-order valence-corrected chi connectivity index (χ3v) is 5.00. The normalized spacial score (nSPS) is 17.1. The number of thiazole rings is 1. The van der Waals surface area contributed by atoms with Crippen molar-refractivity contribution in [3.05, 3.63) is 45.9 Å². The summed E-state index contributed by atoms with van der Waals surface area (Å²) >= 11 is 1.71. The predicted molar refractivity (Wildman–Crippen MR) is 96.1 cm³/mol. The maximum atomic E-state index is 12.1. The molecule has 128 valence electrons. The lowest BCUT2D eigenvalue weighted by Gasteiger charge is -2.11. The minimum absolute atomic E-state index is 0.0489. The van der Waals surface area contributed by atoms with Crippen molar-refractivity contribution in [1.29, 1.82) is 0 Å². The van der Waals surface area contributed by atoms with E-state index in [0.717, 1.165) is 49.3 Å². The summed E-state index contributed by atoms with van der Waals surface area (Å²) in [5.41, 5.74) is 3.03. The molecular weight excluding hydrogens is 322 g/mol. The summed E-state index contributed by atoms with van der Waals surface area (Å²) < 4.78 is 5.41. The van der Waals surface area contributed by atoms with Crippen LogP contribution in [0.5, 0.6) is 0 Å². The molecule has 1 fully saturated rings. The molecule has 1 aromatic carbocycles. The molecule has 24 heavy (non-hydrogen) atoms. The topological polar surface area (TPSA) is 63.2 Å². The smallest absolute Gasteiger partial charge is 0.253 e. The number of aromatic nitrogens is 1. The largest absolute Gasteiger partial charge is 0.368 e.